The Labute approximate surface area is 64.0 Å². The maximum absolute atomic E-state index is 10.9. The molecule has 0 aliphatic heterocycles. The van der Waals surface area contributed by atoms with E-state index in [1.54, 1.807) is 26.4 Å². The Morgan fingerprint density at radius 1 is 1.73 bits per heavy atom. The summed E-state index contributed by atoms with van der Waals surface area (Å²) in [6, 6.07) is 1.57. The summed E-state index contributed by atoms with van der Waals surface area (Å²) in [5, 5.41) is 6.17. The molecule has 0 fully saturated rings. The largest absolute Gasteiger partial charge is 0.416 e. The Morgan fingerprint density at radius 3 is 2.91 bits per heavy atom. The van der Waals surface area contributed by atoms with Crippen LogP contribution in [0.5, 0.6) is 5.88 Å². The van der Waals surface area contributed by atoms with Gasteiger partial charge in [0.1, 0.15) is 0 Å². The lowest BCUT2D eigenvalue weighted by Crippen LogP contribution is -2.25. The zero-order valence-electron chi connectivity index (χ0n) is 6.37. The molecule has 1 rings (SSSR count). The van der Waals surface area contributed by atoms with E-state index in [9.17, 15) is 4.79 Å². The molecule has 0 saturated carbocycles. The van der Waals surface area contributed by atoms with E-state index in [0.717, 1.165) is 0 Å². The normalized spacial score (nSPS) is 9.27. The van der Waals surface area contributed by atoms with Crippen molar-refractivity contribution in [3.63, 3.8) is 0 Å². The molecule has 0 aliphatic carbocycles. The summed E-state index contributed by atoms with van der Waals surface area (Å²) in [4.78, 5) is 12.2. The van der Waals surface area contributed by atoms with Crippen LogP contribution in [-0.2, 0) is 0 Å². The highest BCUT2D eigenvalue weighted by atomic mass is 16.6. The minimum atomic E-state index is -0.433. The summed E-state index contributed by atoms with van der Waals surface area (Å²) >= 11 is 0. The number of carbonyl (C=O) groups is 1. The second kappa shape index (κ2) is 3.05. The Hall–Kier alpha value is -1.52. The summed E-state index contributed by atoms with van der Waals surface area (Å²) in [6.45, 7) is 0. The van der Waals surface area contributed by atoms with Gasteiger partial charge in [-0.2, -0.15) is 0 Å². The van der Waals surface area contributed by atoms with Gasteiger partial charge in [-0.15, -0.1) is 5.10 Å². The van der Waals surface area contributed by atoms with Crippen LogP contribution in [0, 0.1) is 0 Å². The van der Waals surface area contributed by atoms with Gasteiger partial charge >= 0.3 is 6.09 Å². The molecule has 5 heteroatoms. The number of aromatic nitrogens is 2. The minimum Gasteiger partial charge on any atom is -0.390 e. The van der Waals surface area contributed by atoms with Crippen LogP contribution in [0.25, 0.3) is 0 Å². The first-order valence-electron chi connectivity index (χ1n) is 3.09. The van der Waals surface area contributed by atoms with Crippen LogP contribution >= 0.6 is 0 Å². The molecule has 0 aromatic carbocycles. The van der Waals surface area contributed by atoms with Crippen molar-refractivity contribution in [1.82, 2.24) is 15.1 Å². The van der Waals surface area contributed by atoms with Crippen molar-refractivity contribution in [1.29, 1.82) is 0 Å². The maximum atomic E-state index is 10.9. The lowest BCUT2D eigenvalue weighted by molar-refractivity contribution is 0.170. The lowest BCUT2D eigenvalue weighted by atomic mass is 10.7. The molecule has 1 heterocycles. The standard InChI is InChI=1S/C6H9N3O2/c1-9(2)6(10)11-5-3-4-7-8-5/h3-4H,1-2H3,(H,7,8). The highest BCUT2D eigenvalue weighted by Crippen LogP contribution is 2.02. The van der Waals surface area contributed by atoms with Crippen molar-refractivity contribution in [2.75, 3.05) is 14.1 Å². The first kappa shape index (κ1) is 7.59. The van der Waals surface area contributed by atoms with E-state index in [1.165, 1.54) is 4.90 Å². The van der Waals surface area contributed by atoms with Crippen LogP contribution in [0.1, 0.15) is 0 Å². The van der Waals surface area contributed by atoms with Gasteiger partial charge < -0.3 is 9.64 Å². The van der Waals surface area contributed by atoms with Crippen LogP contribution in [0.3, 0.4) is 0 Å². The Morgan fingerprint density at radius 2 is 2.45 bits per heavy atom. The smallest absolute Gasteiger partial charge is 0.390 e. The van der Waals surface area contributed by atoms with E-state index in [-0.39, 0.29) is 5.88 Å². The molecule has 0 saturated heterocycles. The van der Waals surface area contributed by atoms with Gasteiger partial charge in [0.2, 0.25) is 5.88 Å². The van der Waals surface area contributed by atoms with Crippen molar-refractivity contribution >= 4 is 6.09 Å². The number of nitrogens with one attached hydrogen (secondary N) is 1. The van der Waals surface area contributed by atoms with Crippen LogP contribution in [-0.4, -0.2) is 35.3 Å². The molecule has 0 atom stereocenters. The third-order valence-corrected chi connectivity index (χ3v) is 1.03. The molecule has 0 radical (unpaired) electrons. The molecule has 1 N–H and O–H groups in total. The fourth-order valence-electron chi connectivity index (χ4n) is 0.484. The number of amides is 1. The van der Waals surface area contributed by atoms with Gasteiger partial charge in [0.05, 0.1) is 0 Å². The topological polar surface area (TPSA) is 58.2 Å². The third-order valence-electron chi connectivity index (χ3n) is 1.03. The van der Waals surface area contributed by atoms with Gasteiger partial charge in [-0.1, -0.05) is 0 Å². The van der Waals surface area contributed by atoms with Crippen LogP contribution < -0.4 is 4.74 Å². The van der Waals surface area contributed by atoms with E-state index in [4.69, 9.17) is 4.74 Å². The van der Waals surface area contributed by atoms with Crippen LogP contribution in [0.2, 0.25) is 0 Å². The SMILES string of the molecule is CN(C)C(=O)Oc1cc[nH]n1. The molecule has 1 aromatic rings. The summed E-state index contributed by atoms with van der Waals surface area (Å²) in [6.07, 6.45) is 1.15. The van der Waals surface area contributed by atoms with Crippen molar-refractivity contribution in [3.05, 3.63) is 12.3 Å². The van der Waals surface area contributed by atoms with Crippen molar-refractivity contribution in [2.45, 2.75) is 0 Å². The minimum absolute atomic E-state index is 0.281. The van der Waals surface area contributed by atoms with E-state index in [0.29, 0.717) is 0 Å². The molecule has 60 valence electrons. The highest BCUT2D eigenvalue weighted by Gasteiger charge is 2.06. The van der Waals surface area contributed by atoms with Crippen molar-refractivity contribution in [3.8, 4) is 5.88 Å². The second-order valence-electron chi connectivity index (χ2n) is 2.17. The van der Waals surface area contributed by atoms with E-state index < -0.39 is 6.09 Å². The molecule has 5 nitrogen and oxygen atoms in total. The molecule has 1 aromatic heterocycles. The number of nitrogens with zero attached hydrogens (tertiary/aromatic N) is 2. The van der Waals surface area contributed by atoms with Gasteiger partial charge in [0.25, 0.3) is 0 Å². The molecule has 0 bridgehead atoms. The number of hydrogen-bond acceptors (Lipinski definition) is 3. The summed E-state index contributed by atoms with van der Waals surface area (Å²) < 4.78 is 4.76. The predicted molar refractivity (Wildman–Crippen MR) is 38.3 cm³/mol. The quantitative estimate of drug-likeness (QED) is 0.641. The lowest BCUT2D eigenvalue weighted by Gasteiger charge is -2.07. The number of carbonyl (C=O) groups excluding carboxylic acids is 1. The molecular formula is C6H9N3O2. The first-order chi connectivity index (χ1) is 5.20. The van der Waals surface area contributed by atoms with Crippen molar-refractivity contribution < 1.29 is 9.53 Å². The first-order valence-corrected chi connectivity index (χ1v) is 3.09. The Bertz CT molecular complexity index is 230. The predicted octanol–water partition coefficient (Wildman–Crippen LogP) is 0.470. The average molecular weight is 155 g/mol. The third kappa shape index (κ3) is 1.96. The van der Waals surface area contributed by atoms with E-state index in [1.807, 2.05) is 0 Å². The molecule has 1 amide bonds. The summed E-state index contributed by atoms with van der Waals surface area (Å²) in [7, 11) is 3.21. The monoisotopic (exact) mass is 155 g/mol. The molecular weight excluding hydrogens is 146 g/mol. The number of H-pyrrole nitrogens is 1. The van der Waals surface area contributed by atoms with Gasteiger partial charge in [-0.25, -0.2) is 4.79 Å². The number of ether oxygens (including phenoxy) is 1. The van der Waals surface area contributed by atoms with Gasteiger partial charge in [-0.05, 0) is 0 Å². The van der Waals surface area contributed by atoms with Crippen molar-refractivity contribution in [2.24, 2.45) is 0 Å². The molecule has 0 aliphatic rings. The number of hydrogen-bond donors (Lipinski definition) is 1. The van der Waals surface area contributed by atoms with E-state index in [2.05, 4.69) is 10.2 Å². The average Bonchev–Trinajstić information content (AvgIpc) is 2.39. The Balaban J connectivity index is 2.50. The van der Waals surface area contributed by atoms with Crippen LogP contribution in [0.15, 0.2) is 12.3 Å². The van der Waals surface area contributed by atoms with Gasteiger partial charge in [0, 0.05) is 26.4 Å². The highest BCUT2D eigenvalue weighted by molar-refractivity contribution is 5.69. The fourth-order valence-corrected chi connectivity index (χ4v) is 0.484. The second-order valence-corrected chi connectivity index (χ2v) is 2.17. The van der Waals surface area contributed by atoms with Crippen LogP contribution in [0.4, 0.5) is 4.79 Å². The zero-order valence-corrected chi connectivity index (χ0v) is 6.37. The van der Waals surface area contributed by atoms with Gasteiger partial charge in [0.15, 0.2) is 0 Å². The maximum Gasteiger partial charge on any atom is 0.416 e. The fraction of sp³-hybridized carbons (Fsp3) is 0.333. The summed E-state index contributed by atoms with van der Waals surface area (Å²) in [5.41, 5.74) is 0. The molecule has 0 spiro atoms. The Kier molecular flexibility index (Phi) is 2.10. The summed E-state index contributed by atoms with van der Waals surface area (Å²) in [5.74, 6) is 0.281. The zero-order chi connectivity index (χ0) is 8.27. The molecule has 0 unspecified atom stereocenters. The number of rotatable bonds is 1. The van der Waals surface area contributed by atoms with E-state index >= 15 is 0 Å². The van der Waals surface area contributed by atoms with Gasteiger partial charge in [-0.3, -0.25) is 5.10 Å². The molecule has 11 heavy (non-hydrogen) atoms. The number of aromatic amines is 1.